The van der Waals surface area contributed by atoms with E-state index in [1.165, 1.54) is 4.90 Å². The Kier molecular flexibility index (Phi) is 4.62. The molecule has 0 spiro atoms. The lowest BCUT2D eigenvalue weighted by atomic mass is 10.1. The number of hydrogen-bond donors (Lipinski definition) is 1. The van der Waals surface area contributed by atoms with Crippen LogP contribution in [0.4, 0.5) is 5.69 Å². The molecule has 2 aromatic carbocycles. The molecule has 0 unspecified atom stereocenters. The van der Waals surface area contributed by atoms with Gasteiger partial charge in [-0.2, -0.15) is 0 Å². The lowest BCUT2D eigenvalue weighted by molar-refractivity contribution is -0.139. The van der Waals surface area contributed by atoms with E-state index in [0.717, 1.165) is 5.56 Å². The van der Waals surface area contributed by atoms with Crippen LogP contribution in [0, 0.1) is 0 Å². The van der Waals surface area contributed by atoms with Crippen LogP contribution in [-0.2, 0) is 16.1 Å². The van der Waals surface area contributed by atoms with Crippen LogP contribution in [0.15, 0.2) is 48.5 Å². The van der Waals surface area contributed by atoms with Crippen molar-refractivity contribution in [1.82, 2.24) is 4.90 Å². The summed E-state index contributed by atoms with van der Waals surface area (Å²) in [5, 5.41) is 3.21. The molecular formula is C18H15ClN2O3. The third-order valence-electron chi connectivity index (χ3n) is 3.83. The minimum atomic E-state index is -0.275. The van der Waals surface area contributed by atoms with Crippen LogP contribution in [0.5, 0.6) is 0 Å². The largest absolute Gasteiger partial charge is 0.321 e. The van der Waals surface area contributed by atoms with Gasteiger partial charge in [0.05, 0.1) is 17.3 Å². The van der Waals surface area contributed by atoms with Gasteiger partial charge in [0, 0.05) is 18.4 Å². The number of likely N-dealkylation sites (tertiary alicyclic amines) is 1. The average Bonchev–Trinajstić information content (AvgIpc) is 2.89. The number of carbonyl (C=O) groups excluding carboxylic acids is 3. The zero-order chi connectivity index (χ0) is 17.1. The summed E-state index contributed by atoms with van der Waals surface area (Å²) in [6, 6.07) is 13.8. The molecule has 0 atom stereocenters. The molecule has 1 saturated heterocycles. The van der Waals surface area contributed by atoms with Crippen molar-refractivity contribution in [3.05, 3.63) is 64.7 Å². The first kappa shape index (κ1) is 16.2. The second kappa shape index (κ2) is 6.84. The number of rotatable bonds is 4. The normalized spacial score (nSPS) is 14.1. The number of hydrogen-bond acceptors (Lipinski definition) is 3. The fourth-order valence-corrected chi connectivity index (χ4v) is 2.68. The lowest BCUT2D eigenvalue weighted by Gasteiger charge is -2.14. The van der Waals surface area contributed by atoms with E-state index in [1.807, 2.05) is 0 Å². The molecule has 1 fully saturated rings. The van der Waals surface area contributed by atoms with Crippen molar-refractivity contribution >= 4 is 35.0 Å². The van der Waals surface area contributed by atoms with E-state index in [0.29, 0.717) is 16.3 Å². The monoisotopic (exact) mass is 342 g/mol. The third-order valence-corrected chi connectivity index (χ3v) is 4.16. The number of anilines is 1. The highest BCUT2D eigenvalue weighted by atomic mass is 35.5. The first-order valence-corrected chi connectivity index (χ1v) is 7.90. The van der Waals surface area contributed by atoms with Crippen molar-refractivity contribution in [2.24, 2.45) is 0 Å². The molecule has 0 aromatic heterocycles. The molecule has 5 nitrogen and oxygen atoms in total. The van der Waals surface area contributed by atoms with E-state index in [-0.39, 0.29) is 37.1 Å². The minimum Gasteiger partial charge on any atom is -0.321 e. The van der Waals surface area contributed by atoms with Gasteiger partial charge in [-0.1, -0.05) is 35.9 Å². The summed E-state index contributed by atoms with van der Waals surface area (Å²) in [7, 11) is 0. The maximum absolute atomic E-state index is 12.2. The predicted molar refractivity (Wildman–Crippen MR) is 90.6 cm³/mol. The van der Waals surface area contributed by atoms with E-state index in [9.17, 15) is 14.4 Å². The number of amides is 3. The van der Waals surface area contributed by atoms with Crippen LogP contribution in [0.25, 0.3) is 0 Å². The smallest absolute Gasteiger partial charge is 0.255 e. The highest BCUT2D eigenvalue weighted by Gasteiger charge is 2.28. The Labute approximate surface area is 144 Å². The van der Waals surface area contributed by atoms with Crippen LogP contribution in [0.2, 0.25) is 5.02 Å². The molecule has 3 rings (SSSR count). The van der Waals surface area contributed by atoms with Crippen LogP contribution in [-0.4, -0.2) is 22.6 Å². The number of imide groups is 1. The molecule has 1 N–H and O–H groups in total. The quantitative estimate of drug-likeness (QED) is 0.867. The maximum atomic E-state index is 12.2. The molecule has 0 aliphatic carbocycles. The van der Waals surface area contributed by atoms with Gasteiger partial charge in [0.1, 0.15) is 0 Å². The molecule has 2 aromatic rings. The molecule has 122 valence electrons. The number of carbonyl (C=O) groups is 3. The summed E-state index contributed by atoms with van der Waals surface area (Å²) in [5.74, 6) is -0.580. The Bertz CT molecular complexity index is 786. The average molecular weight is 343 g/mol. The topological polar surface area (TPSA) is 66.5 Å². The number of halogens is 1. The maximum Gasteiger partial charge on any atom is 0.255 e. The van der Waals surface area contributed by atoms with Gasteiger partial charge in [-0.3, -0.25) is 19.3 Å². The van der Waals surface area contributed by atoms with Crippen molar-refractivity contribution in [2.45, 2.75) is 19.4 Å². The Morgan fingerprint density at radius 2 is 1.62 bits per heavy atom. The SMILES string of the molecule is O=C(Nc1ccccc1Cl)c1ccc(CN2C(=O)CCC2=O)cc1. The zero-order valence-corrected chi connectivity index (χ0v) is 13.5. The molecule has 1 aliphatic rings. The fourth-order valence-electron chi connectivity index (χ4n) is 2.50. The molecular weight excluding hydrogens is 328 g/mol. The van der Waals surface area contributed by atoms with Crippen molar-refractivity contribution in [3.63, 3.8) is 0 Å². The first-order chi connectivity index (χ1) is 11.5. The molecule has 0 saturated carbocycles. The van der Waals surface area contributed by atoms with Gasteiger partial charge in [0.25, 0.3) is 5.91 Å². The van der Waals surface area contributed by atoms with Crippen molar-refractivity contribution < 1.29 is 14.4 Å². The Morgan fingerprint density at radius 1 is 1.00 bits per heavy atom. The van der Waals surface area contributed by atoms with E-state index in [2.05, 4.69) is 5.32 Å². The van der Waals surface area contributed by atoms with Crippen LogP contribution >= 0.6 is 11.6 Å². The summed E-state index contributed by atoms with van der Waals surface area (Å²) in [6.07, 6.45) is 0.550. The van der Waals surface area contributed by atoms with Crippen LogP contribution < -0.4 is 5.32 Å². The molecule has 6 heteroatoms. The molecule has 1 aliphatic heterocycles. The summed E-state index contributed by atoms with van der Waals surface area (Å²) in [6.45, 7) is 0.240. The highest BCUT2D eigenvalue weighted by molar-refractivity contribution is 6.33. The van der Waals surface area contributed by atoms with Gasteiger partial charge >= 0.3 is 0 Å². The van der Waals surface area contributed by atoms with E-state index in [4.69, 9.17) is 11.6 Å². The second-order valence-electron chi connectivity index (χ2n) is 5.50. The molecule has 1 heterocycles. The van der Waals surface area contributed by atoms with Crippen LogP contribution in [0.1, 0.15) is 28.8 Å². The first-order valence-electron chi connectivity index (χ1n) is 7.52. The van der Waals surface area contributed by atoms with Crippen molar-refractivity contribution in [3.8, 4) is 0 Å². The second-order valence-corrected chi connectivity index (χ2v) is 5.91. The number of nitrogens with one attached hydrogen (secondary N) is 1. The highest BCUT2D eigenvalue weighted by Crippen LogP contribution is 2.21. The minimum absolute atomic E-state index is 0.152. The van der Waals surface area contributed by atoms with Crippen molar-refractivity contribution in [2.75, 3.05) is 5.32 Å². The molecule has 0 bridgehead atoms. The van der Waals surface area contributed by atoms with E-state index in [1.54, 1.807) is 48.5 Å². The molecule has 0 radical (unpaired) electrons. The standard InChI is InChI=1S/C18H15ClN2O3/c19-14-3-1-2-4-15(14)20-18(24)13-7-5-12(6-8-13)11-21-16(22)9-10-17(21)23/h1-8H,9-11H2,(H,20,24). The Hall–Kier alpha value is -2.66. The van der Waals surface area contributed by atoms with Gasteiger partial charge in [0.15, 0.2) is 0 Å². The van der Waals surface area contributed by atoms with E-state index >= 15 is 0 Å². The third kappa shape index (κ3) is 3.46. The lowest BCUT2D eigenvalue weighted by Crippen LogP contribution is -2.28. The van der Waals surface area contributed by atoms with Gasteiger partial charge in [-0.05, 0) is 29.8 Å². The number of benzene rings is 2. The van der Waals surface area contributed by atoms with Crippen molar-refractivity contribution in [1.29, 1.82) is 0 Å². The Balaban J connectivity index is 1.68. The number of para-hydroxylation sites is 1. The number of nitrogens with zero attached hydrogens (tertiary/aromatic N) is 1. The molecule has 24 heavy (non-hydrogen) atoms. The fraction of sp³-hybridized carbons (Fsp3) is 0.167. The van der Waals surface area contributed by atoms with Gasteiger partial charge < -0.3 is 5.32 Å². The summed E-state index contributed by atoms with van der Waals surface area (Å²) >= 11 is 6.02. The van der Waals surface area contributed by atoms with Gasteiger partial charge in [0.2, 0.25) is 11.8 Å². The summed E-state index contributed by atoms with van der Waals surface area (Å²) < 4.78 is 0. The van der Waals surface area contributed by atoms with Gasteiger partial charge in [-0.25, -0.2) is 0 Å². The predicted octanol–water partition coefficient (Wildman–Crippen LogP) is 3.24. The summed E-state index contributed by atoms with van der Waals surface area (Å²) in [5.41, 5.74) is 1.81. The van der Waals surface area contributed by atoms with Crippen LogP contribution in [0.3, 0.4) is 0 Å². The van der Waals surface area contributed by atoms with Gasteiger partial charge in [-0.15, -0.1) is 0 Å². The molecule has 3 amide bonds. The Morgan fingerprint density at radius 3 is 2.25 bits per heavy atom. The zero-order valence-electron chi connectivity index (χ0n) is 12.8. The van der Waals surface area contributed by atoms with E-state index < -0.39 is 0 Å². The summed E-state index contributed by atoms with van der Waals surface area (Å²) in [4.78, 5) is 36.7.